The Morgan fingerprint density at radius 3 is 2.32 bits per heavy atom. The summed E-state index contributed by atoms with van der Waals surface area (Å²) in [5, 5.41) is 3.05. The van der Waals surface area contributed by atoms with Crippen LogP contribution in [0.2, 0.25) is 0 Å². The van der Waals surface area contributed by atoms with Crippen molar-refractivity contribution < 1.29 is 23.8 Å². The highest BCUT2D eigenvalue weighted by molar-refractivity contribution is 5.91. The molecule has 0 unspecified atom stereocenters. The first-order valence-electron chi connectivity index (χ1n) is 11.9. The Morgan fingerprint density at radius 2 is 1.71 bits per heavy atom. The lowest BCUT2D eigenvalue weighted by Crippen LogP contribution is -2.51. The summed E-state index contributed by atoms with van der Waals surface area (Å²) >= 11 is 0. The summed E-state index contributed by atoms with van der Waals surface area (Å²) in [5.74, 6) is 2.58. The van der Waals surface area contributed by atoms with Crippen molar-refractivity contribution in [3.63, 3.8) is 0 Å². The summed E-state index contributed by atoms with van der Waals surface area (Å²) in [5.41, 5.74) is 0.701. The average molecular weight is 428 g/mol. The van der Waals surface area contributed by atoms with Crippen molar-refractivity contribution in [3.8, 4) is 5.75 Å². The first-order valence-corrected chi connectivity index (χ1v) is 11.9. The fourth-order valence-electron chi connectivity index (χ4n) is 6.71. The number of esters is 1. The van der Waals surface area contributed by atoms with Crippen LogP contribution in [0.15, 0.2) is 24.3 Å². The summed E-state index contributed by atoms with van der Waals surface area (Å²) in [6, 6.07) is 6.83. The predicted octanol–water partition coefficient (Wildman–Crippen LogP) is 3.73. The number of ether oxygens (including phenoxy) is 3. The molecule has 0 spiro atoms. The highest BCUT2D eigenvalue weighted by Gasteiger charge is 2.50. The first kappa shape index (κ1) is 20.8. The minimum atomic E-state index is -0.490. The maximum absolute atomic E-state index is 12.3. The SMILES string of the molecule is O=C(COC(=O)c1ccc(OC[C@@H]2CCCO2)cc1)NCC12CC3CC(CC(C3)C1)C2. The van der Waals surface area contributed by atoms with Crippen LogP contribution in [0.4, 0.5) is 0 Å². The van der Waals surface area contributed by atoms with Crippen LogP contribution in [0.1, 0.15) is 61.7 Å². The molecule has 6 nitrogen and oxygen atoms in total. The van der Waals surface area contributed by atoms with Gasteiger partial charge in [0.2, 0.25) is 0 Å². The Hall–Kier alpha value is -2.08. The Balaban J connectivity index is 1.04. The van der Waals surface area contributed by atoms with E-state index in [1.165, 1.54) is 38.5 Å². The maximum atomic E-state index is 12.3. The standard InChI is InChI=1S/C25H33NO5/c27-23(26-16-25-11-17-8-18(12-25)10-19(9-17)13-25)15-31-24(28)20-3-5-21(6-4-20)30-14-22-2-1-7-29-22/h3-6,17-19,22H,1-2,7-16H2,(H,26,27)/t17?,18?,19?,22-,25?/m0/s1. The normalized spacial score (nSPS) is 33.3. The molecule has 5 fully saturated rings. The number of carbonyl (C=O) groups is 2. The van der Waals surface area contributed by atoms with Crippen LogP contribution in [0.3, 0.4) is 0 Å². The van der Waals surface area contributed by atoms with Gasteiger partial charge in [0.05, 0.1) is 11.7 Å². The van der Waals surface area contributed by atoms with E-state index in [2.05, 4.69) is 5.32 Å². The van der Waals surface area contributed by atoms with E-state index in [0.717, 1.165) is 43.7 Å². The van der Waals surface area contributed by atoms with E-state index in [-0.39, 0.29) is 24.0 Å². The van der Waals surface area contributed by atoms with E-state index in [1.807, 2.05) is 0 Å². The zero-order valence-corrected chi connectivity index (χ0v) is 18.1. The molecular formula is C25H33NO5. The molecule has 1 aromatic carbocycles. The molecule has 1 aromatic rings. The third-order valence-corrected chi connectivity index (χ3v) is 7.71. The number of benzene rings is 1. The molecule has 1 saturated heterocycles. The van der Waals surface area contributed by atoms with Gasteiger partial charge in [0, 0.05) is 13.2 Å². The van der Waals surface area contributed by atoms with Gasteiger partial charge >= 0.3 is 5.97 Å². The number of hydrogen-bond acceptors (Lipinski definition) is 5. The number of hydrogen-bond donors (Lipinski definition) is 1. The predicted molar refractivity (Wildman–Crippen MR) is 115 cm³/mol. The van der Waals surface area contributed by atoms with Crippen LogP contribution in [-0.4, -0.2) is 44.3 Å². The van der Waals surface area contributed by atoms with Gasteiger partial charge in [-0.15, -0.1) is 0 Å². The van der Waals surface area contributed by atoms with E-state index in [9.17, 15) is 9.59 Å². The Bertz CT molecular complexity index is 763. The lowest BCUT2D eigenvalue weighted by molar-refractivity contribution is -0.126. The minimum Gasteiger partial charge on any atom is -0.491 e. The Morgan fingerprint density at radius 1 is 1.03 bits per heavy atom. The molecule has 31 heavy (non-hydrogen) atoms. The van der Waals surface area contributed by atoms with Gasteiger partial charge in [0.15, 0.2) is 6.61 Å². The molecule has 4 bridgehead atoms. The van der Waals surface area contributed by atoms with Gasteiger partial charge in [0.1, 0.15) is 12.4 Å². The number of rotatable bonds is 8. The van der Waals surface area contributed by atoms with Crippen molar-refractivity contribution in [2.24, 2.45) is 23.2 Å². The van der Waals surface area contributed by atoms with Crippen LogP contribution in [0, 0.1) is 23.2 Å². The second-order valence-electron chi connectivity index (χ2n) is 10.2. The third kappa shape index (κ3) is 4.89. The monoisotopic (exact) mass is 427 g/mol. The van der Waals surface area contributed by atoms with Crippen LogP contribution >= 0.6 is 0 Å². The summed E-state index contributed by atoms with van der Waals surface area (Å²) in [7, 11) is 0. The molecule has 1 atom stereocenters. The summed E-state index contributed by atoms with van der Waals surface area (Å²) in [4.78, 5) is 24.6. The van der Waals surface area contributed by atoms with Gasteiger partial charge in [-0.1, -0.05) is 0 Å². The lowest BCUT2D eigenvalue weighted by Gasteiger charge is -2.56. The Kier molecular flexibility index (Phi) is 5.91. The molecule has 6 heteroatoms. The molecule has 6 rings (SSSR count). The van der Waals surface area contributed by atoms with E-state index in [1.54, 1.807) is 24.3 Å². The fourth-order valence-corrected chi connectivity index (χ4v) is 6.71. The zero-order valence-electron chi connectivity index (χ0n) is 18.1. The highest BCUT2D eigenvalue weighted by Crippen LogP contribution is 2.59. The molecule has 4 aliphatic carbocycles. The van der Waals surface area contributed by atoms with Crippen LogP contribution < -0.4 is 10.1 Å². The molecule has 1 aliphatic heterocycles. The van der Waals surface area contributed by atoms with Gasteiger partial charge in [0.25, 0.3) is 5.91 Å². The van der Waals surface area contributed by atoms with Crippen molar-refractivity contribution in [1.29, 1.82) is 0 Å². The summed E-state index contributed by atoms with van der Waals surface area (Å²) in [6.45, 7) is 1.81. The van der Waals surface area contributed by atoms with Gasteiger partial charge < -0.3 is 19.5 Å². The van der Waals surface area contributed by atoms with Crippen molar-refractivity contribution in [2.45, 2.75) is 57.5 Å². The maximum Gasteiger partial charge on any atom is 0.338 e. The molecular weight excluding hydrogens is 394 g/mol. The van der Waals surface area contributed by atoms with Crippen molar-refractivity contribution in [1.82, 2.24) is 5.32 Å². The second-order valence-corrected chi connectivity index (χ2v) is 10.2. The number of amides is 1. The van der Waals surface area contributed by atoms with Crippen molar-refractivity contribution >= 4 is 11.9 Å². The average Bonchev–Trinajstić information content (AvgIpc) is 3.28. The molecule has 1 amide bonds. The second kappa shape index (κ2) is 8.81. The van der Waals surface area contributed by atoms with E-state index in [4.69, 9.17) is 14.2 Å². The van der Waals surface area contributed by atoms with Crippen LogP contribution in [0.25, 0.3) is 0 Å². The van der Waals surface area contributed by atoms with E-state index in [0.29, 0.717) is 17.9 Å². The van der Waals surface area contributed by atoms with E-state index >= 15 is 0 Å². The van der Waals surface area contributed by atoms with Gasteiger partial charge in [-0.25, -0.2) is 4.79 Å². The van der Waals surface area contributed by atoms with Gasteiger partial charge in [-0.3, -0.25) is 4.79 Å². The van der Waals surface area contributed by atoms with E-state index < -0.39 is 5.97 Å². The largest absolute Gasteiger partial charge is 0.491 e. The van der Waals surface area contributed by atoms with Crippen LogP contribution in [0.5, 0.6) is 5.75 Å². The summed E-state index contributed by atoms with van der Waals surface area (Å²) in [6.07, 6.45) is 10.2. The highest BCUT2D eigenvalue weighted by atomic mass is 16.5. The molecule has 168 valence electrons. The number of carbonyl (C=O) groups excluding carboxylic acids is 2. The minimum absolute atomic E-state index is 0.154. The number of nitrogens with one attached hydrogen (secondary N) is 1. The van der Waals surface area contributed by atoms with Crippen molar-refractivity contribution in [2.75, 3.05) is 26.4 Å². The fraction of sp³-hybridized carbons (Fsp3) is 0.680. The molecule has 5 aliphatic rings. The molecule has 1 N–H and O–H groups in total. The zero-order chi connectivity index (χ0) is 21.3. The smallest absolute Gasteiger partial charge is 0.338 e. The van der Waals surface area contributed by atoms with Crippen LogP contribution in [-0.2, 0) is 14.3 Å². The molecule has 0 radical (unpaired) electrons. The van der Waals surface area contributed by atoms with Gasteiger partial charge in [-0.2, -0.15) is 0 Å². The quantitative estimate of drug-likeness (QED) is 0.640. The lowest BCUT2D eigenvalue weighted by atomic mass is 9.49. The summed E-state index contributed by atoms with van der Waals surface area (Å²) < 4.78 is 16.5. The first-order chi connectivity index (χ1) is 15.1. The molecule has 1 heterocycles. The van der Waals surface area contributed by atoms with Gasteiger partial charge in [-0.05, 0) is 98.8 Å². The molecule has 4 saturated carbocycles. The Labute approximate surface area is 184 Å². The topological polar surface area (TPSA) is 73.9 Å². The molecule has 0 aromatic heterocycles. The third-order valence-electron chi connectivity index (χ3n) is 7.71. The van der Waals surface area contributed by atoms with Crippen molar-refractivity contribution in [3.05, 3.63) is 29.8 Å².